The number of phenolic OH excluding ortho intramolecular Hbond substituents is 1. The summed E-state index contributed by atoms with van der Waals surface area (Å²) < 4.78 is 198. The number of aromatic hydroxyl groups is 2. The van der Waals surface area contributed by atoms with Gasteiger partial charge in [-0.15, -0.1) is 23.2 Å². The zero-order valence-electron chi connectivity index (χ0n) is 86.2. The Bertz CT molecular complexity index is 7770. The lowest BCUT2D eigenvalue weighted by Gasteiger charge is -2.42. The number of benzene rings is 7. The summed E-state index contributed by atoms with van der Waals surface area (Å²) in [5.41, 5.74) is 6.55. The molecular weight excluding hydrogens is 2080 g/mol. The molecule has 0 radical (unpaired) electrons. The van der Waals surface area contributed by atoms with Crippen molar-refractivity contribution in [1.29, 1.82) is 0 Å². The molecule has 44 heteroatoms. The standard InChI is InChI=1S/C30H40FN3O5SSi.C30H38FN3O5SSi.C23H22FN3O5S.C21H18FN3O5S.CH2Cl2/c2*1-18(2)41(19(3)4,20(5)6)39-29-26-25(21(7)34(30(26)35)17-22-12-14-23(31)15-13-22)28(38-40(36,37)33(8)9)24-11-10-16-32-27(24)29;1-26(2)33(30,31)32-22-16-4-3-11-25-19(16)21(28)18-17(22)20(14-7-8-14)27(23(18)29)12-13-5-9-15(24)10-6-13;1-12-16-17(21(27)25(12)11-13-6-8-14(22)9-7-13)19(26)18-15(5-4-10-23-18)20(16)30-31(28,29)24(2)3;2-1-3/h10-16,18-21H,17H2,1-9H3;10-16,18-20H,7,17H2,1-6,8-9H3;3-6,9-11,14,20,28H,7-8,12H2,1-2H3;4-10,27H,1,11H2,2-3H3;1H2. The molecule has 149 heavy (non-hydrogen) atoms. The summed E-state index contributed by atoms with van der Waals surface area (Å²) in [4.78, 5) is 77.4. The lowest BCUT2D eigenvalue weighted by Crippen LogP contribution is -2.51. The minimum absolute atomic E-state index is 0.00386. The lowest BCUT2D eigenvalue weighted by molar-refractivity contribution is 0.0685. The molecule has 0 bridgehead atoms. The van der Waals surface area contributed by atoms with Crippen LogP contribution in [0.1, 0.15) is 207 Å². The molecule has 2 aliphatic carbocycles. The molecule has 8 heterocycles. The highest BCUT2D eigenvalue weighted by Crippen LogP contribution is 2.59. The van der Waals surface area contributed by atoms with Gasteiger partial charge in [-0.2, -0.15) is 50.9 Å². The van der Waals surface area contributed by atoms with Gasteiger partial charge in [-0.05, 0) is 178 Å². The van der Waals surface area contributed by atoms with Crippen LogP contribution in [0.5, 0.6) is 40.4 Å². The average molecular weight is 2200 g/mol. The number of rotatable bonds is 31. The molecule has 1 fully saturated rings. The van der Waals surface area contributed by atoms with Crippen molar-refractivity contribution >= 4 is 155 Å². The van der Waals surface area contributed by atoms with E-state index < -0.39 is 105 Å². The Morgan fingerprint density at radius 2 is 0.772 bits per heavy atom. The first-order valence-corrected chi connectivity index (χ1v) is 58.5. The first-order valence-electron chi connectivity index (χ1n) is 47.7. The summed E-state index contributed by atoms with van der Waals surface area (Å²) in [6, 6.07) is 35.3. The van der Waals surface area contributed by atoms with E-state index >= 15 is 0 Å². The van der Waals surface area contributed by atoms with Crippen LogP contribution in [0.2, 0.25) is 33.2 Å². The Morgan fingerprint density at radius 1 is 0.423 bits per heavy atom. The van der Waals surface area contributed by atoms with Crippen molar-refractivity contribution in [2.45, 2.75) is 174 Å². The van der Waals surface area contributed by atoms with Crippen LogP contribution >= 0.6 is 23.2 Å². The quantitative estimate of drug-likeness (QED) is 0.0231. The molecule has 2 atom stereocenters. The fourth-order valence-electron chi connectivity index (χ4n) is 19.9. The maximum atomic E-state index is 14.3. The summed E-state index contributed by atoms with van der Waals surface area (Å²) >= 11 is 9.53. The molecule has 3 aliphatic heterocycles. The van der Waals surface area contributed by atoms with Crippen LogP contribution in [-0.2, 0) is 71.6 Å². The van der Waals surface area contributed by atoms with Crippen molar-refractivity contribution in [3.63, 3.8) is 0 Å². The number of carbonyl (C=O) groups is 4. The maximum absolute atomic E-state index is 14.3. The van der Waals surface area contributed by atoms with E-state index in [9.17, 15) is 80.6 Å². The second-order valence-electron chi connectivity index (χ2n) is 39.1. The Morgan fingerprint density at radius 3 is 1.19 bits per heavy atom. The number of amides is 3. The van der Waals surface area contributed by atoms with E-state index in [1.807, 2.05) is 6.92 Å². The van der Waals surface area contributed by atoms with Crippen LogP contribution in [0.3, 0.4) is 0 Å². The molecule has 3 amide bonds. The van der Waals surface area contributed by atoms with E-state index in [1.54, 1.807) is 101 Å². The molecular formula is C105H120Cl2F4N12O20S4Si2. The van der Waals surface area contributed by atoms with Gasteiger partial charge < -0.3 is 55.1 Å². The molecule has 7 aromatic carbocycles. The van der Waals surface area contributed by atoms with Crippen molar-refractivity contribution in [2.75, 3.05) is 61.7 Å². The zero-order chi connectivity index (χ0) is 110. The van der Waals surface area contributed by atoms with Crippen molar-refractivity contribution in [2.24, 2.45) is 5.92 Å². The third kappa shape index (κ3) is 22.4. The van der Waals surface area contributed by atoms with Gasteiger partial charge in [0.2, 0.25) is 11.7 Å². The number of nitrogens with zero attached hydrogens (tertiary/aromatic N) is 12. The number of halogens is 6. The van der Waals surface area contributed by atoms with Gasteiger partial charge in [-0.25, -0.2) is 17.6 Å². The van der Waals surface area contributed by atoms with Crippen LogP contribution in [0.15, 0.2) is 177 Å². The van der Waals surface area contributed by atoms with Crippen molar-refractivity contribution in [1.82, 2.24) is 56.4 Å². The molecule has 794 valence electrons. The number of pyridine rings is 4. The Labute approximate surface area is 877 Å². The number of phenols is 1. The van der Waals surface area contributed by atoms with Crippen LogP contribution in [-0.4, -0.2) is 202 Å². The number of fused-ring (bicyclic) bond motifs is 8. The molecule has 1 saturated carbocycles. The van der Waals surface area contributed by atoms with Crippen molar-refractivity contribution < 1.29 is 106 Å². The second-order valence-corrected chi connectivity index (χ2v) is 57.7. The number of aromatic nitrogens is 5. The van der Waals surface area contributed by atoms with Crippen LogP contribution < -0.4 is 32.0 Å². The highest BCUT2D eigenvalue weighted by atomic mass is 35.5. The number of ketones is 1. The van der Waals surface area contributed by atoms with Gasteiger partial charge in [-0.1, -0.05) is 145 Å². The Balaban J connectivity index is 0.000000165. The van der Waals surface area contributed by atoms with Gasteiger partial charge in [0.1, 0.15) is 57.0 Å². The molecule has 5 aliphatic rings. The first-order chi connectivity index (χ1) is 70.0. The maximum Gasteiger partial charge on any atom is 0.384 e. The third-order valence-electron chi connectivity index (χ3n) is 27.2. The largest absolute Gasteiger partial charge is 0.541 e. The van der Waals surface area contributed by atoms with Crippen molar-refractivity contribution in [3.05, 3.63) is 283 Å². The van der Waals surface area contributed by atoms with E-state index in [0.717, 1.165) is 35.6 Å². The monoisotopic (exact) mass is 2200 g/mol. The fourth-order valence-corrected chi connectivity index (χ4v) is 32.5. The number of hydrogen-bond donors (Lipinski definition) is 2. The van der Waals surface area contributed by atoms with Gasteiger partial charge in [0.25, 0.3) is 34.4 Å². The van der Waals surface area contributed by atoms with E-state index in [1.165, 1.54) is 145 Å². The SMILES string of the molecule is C=C1c2c(c(O[Si](C(C)C)(C(C)C)C(C)C)c3ncccc3c2OS(=O)(=O)N(C)C)C(=O)N1Cc1ccc(F)cc1.C=c1c2c(c(O)n1Cc1ccc(F)cc1)C(=O)c1ncccc1C=2OS(=O)(=O)N(C)C.CC1c2c(c(O[Si](C(C)C)(C(C)C)C(C)C)c3ncccc3c2OS(=O)(=O)N(C)C)C(=O)N1Cc1ccc(F)cc1.CN(C)S(=O)(=O)Oc1c2c(c(O)c3ncccc13)C(=O)N(Cc1ccc(F)cc1)C2C1CC1.ClCCl. The minimum Gasteiger partial charge on any atom is -0.541 e. The molecule has 17 rings (SSSR count). The predicted molar refractivity (Wildman–Crippen MR) is 568 cm³/mol. The molecule has 0 saturated heterocycles. The van der Waals surface area contributed by atoms with E-state index in [0.29, 0.717) is 66.5 Å². The summed E-state index contributed by atoms with van der Waals surface area (Å²) in [6.45, 7) is 36.4. The normalized spacial score (nSPS) is 15.2. The van der Waals surface area contributed by atoms with E-state index in [4.69, 9.17) is 48.8 Å². The van der Waals surface area contributed by atoms with Gasteiger partial charge in [0.15, 0.2) is 28.8 Å². The van der Waals surface area contributed by atoms with Gasteiger partial charge in [0.05, 0.1) is 63.5 Å². The highest BCUT2D eigenvalue weighted by molar-refractivity contribution is 7.85. The topological polar surface area (TPSA) is 380 Å². The zero-order valence-corrected chi connectivity index (χ0v) is 93.0. The summed E-state index contributed by atoms with van der Waals surface area (Å²) in [6.07, 6.45) is 7.73. The molecule has 32 nitrogen and oxygen atoms in total. The molecule has 2 unspecified atom stereocenters. The second kappa shape index (κ2) is 45.0. The molecule has 12 aromatic rings. The summed E-state index contributed by atoms with van der Waals surface area (Å²) in [7, 11) is -11.1. The Kier molecular flexibility index (Phi) is 34.3. The first kappa shape index (κ1) is 114. The lowest BCUT2D eigenvalue weighted by atomic mass is 9.96. The number of alkyl halides is 2. The molecule has 5 aromatic heterocycles. The average Bonchev–Trinajstić information content (AvgIpc) is 1.71. The van der Waals surface area contributed by atoms with E-state index in [-0.39, 0.29) is 178 Å². The number of carbonyl (C=O) groups excluding carboxylic acids is 4. The third-order valence-corrected chi connectivity index (χ3v) is 44.3. The van der Waals surface area contributed by atoms with Crippen LogP contribution in [0, 0.1) is 29.2 Å². The van der Waals surface area contributed by atoms with Crippen LogP contribution in [0.25, 0.3) is 50.7 Å². The predicted octanol–water partition coefficient (Wildman–Crippen LogP) is 19.1. The minimum atomic E-state index is -4.21. The summed E-state index contributed by atoms with van der Waals surface area (Å²) in [5, 5.41) is 23.5. The van der Waals surface area contributed by atoms with E-state index in [2.05, 4.69) is 116 Å². The number of hydrogen-bond acceptors (Lipinski definition) is 24. The summed E-state index contributed by atoms with van der Waals surface area (Å²) in [5.74, 6) is -3.33. The fraction of sp³-hybridized carbons (Fsp3) is 0.352. The van der Waals surface area contributed by atoms with Gasteiger partial charge in [0, 0.05) is 138 Å². The smallest absolute Gasteiger partial charge is 0.384 e. The van der Waals surface area contributed by atoms with Crippen LogP contribution in [0.4, 0.5) is 17.6 Å². The molecule has 2 N–H and O–H groups in total. The van der Waals surface area contributed by atoms with Gasteiger partial charge >= 0.3 is 41.2 Å². The highest BCUT2D eigenvalue weighted by Gasteiger charge is 2.55. The molecule has 0 spiro atoms. The van der Waals surface area contributed by atoms with Crippen molar-refractivity contribution in [3.8, 4) is 40.4 Å². The van der Waals surface area contributed by atoms with Gasteiger partial charge in [-0.3, -0.25) is 39.1 Å². The Hall–Kier alpha value is -12.5.